The van der Waals surface area contributed by atoms with E-state index in [1.165, 1.54) is 11.3 Å². The van der Waals surface area contributed by atoms with Gasteiger partial charge in [0.1, 0.15) is 28.2 Å². The topological polar surface area (TPSA) is 80.0 Å². The number of hydrogen-bond acceptors (Lipinski definition) is 6. The van der Waals surface area contributed by atoms with Gasteiger partial charge in [-0.05, 0) is 48.5 Å². The Morgan fingerprint density at radius 2 is 1.88 bits per heavy atom. The van der Waals surface area contributed by atoms with Crippen molar-refractivity contribution in [1.29, 1.82) is 5.26 Å². The highest BCUT2D eigenvalue weighted by Crippen LogP contribution is 2.29. The van der Waals surface area contributed by atoms with Crippen molar-refractivity contribution in [3.8, 4) is 28.7 Å². The molecule has 0 saturated carbocycles. The molecule has 0 spiro atoms. The highest BCUT2D eigenvalue weighted by atomic mass is 35.5. The second kappa shape index (κ2) is 8.31. The van der Waals surface area contributed by atoms with Gasteiger partial charge in [0, 0.05) is 27.4 Å². The molecule has 7 heteroatoms. The number of thiazole rings is 1. The number of rotatable bonds is 4. The van der Waals surface area contributed by atoms with Gasteiger partial charge in [-0.15, -0.1) is 11.3 Å². The molecule has 0 aliphatic carbocycles. The van der Waals surface area contributed by atoms with Crippen molar-refractivity contribution < 1.29 is 8.83 Å². The van der Waals surface area contributed by atoms with Crippen LogP contribution < -0.4 is 5.63 Å². The first-order valence-electron chi connectivity index (χ1n) is 9.57. The Morgan fingerprint density at radius 3 is 2.69 bits per heavy atom. The summed E-state index contributed by atoms with van der Waals surface area (Å²) in [5.74, 6) is 1.19. The van der Waals surface area contributed by atoms with Crippen LogP contribution in [0.5, 0.6) is 0 Å². The molecule has 32 heavy (non-hydrogen) atoms. The first kappa shape index (κ1) is 20.0. The first-order chi connectivity index (χ1) is 15.6. The van der Waals surface area contributed by atoms with Crippen molar-refractivity contribution >= 4 is 45.6 Å². The van der Waals surface area contributed by atoms with Crippen molar-refractivity contribution in [3.05, 3.63) is 98.3 Å². The smallest absolute Gasteiger partial charge is 0.345 e. The lowest BCUT2D eigenvalue weighted by Crippen LogP contribution is -2.02. The molecular formula is C25H13ClN2O3S. The molecule has 5 rings (SSSR count). The number of para-hydroxylation sites is 1. The van der Waals surface area contributed by atoms with Crippen LogP contribution >= 0.6 is 22.9 Å². The predicted molar refractivity (Wildman–Crippen MR) is 126 cm³/mol. The number of aromatic nitrogens is 1. The van der Waals surface area contributed by atoms with Crippen LogP contribution in [0.2, 0.25) is 5.02 Å². The zero-order chi connectivity index (χ0) is 22.1. The summed E-state index contributed by atoms with van der Waals surface area (Å²) in [7, 11) is 0. The molecule has 3 heterocycles. The fourth-order valence-corrected chi connectivity index (χ4v) is 4.16. The minimum Gasteiger partial charge on any atom is -0.457 e. The molecule has 0 aliphatic rings. The minimum atomic E-state index is -0.471. The van der Waals surface area contributed by atoms with Gasteiger partial charge < -0.3 is 8.83 Å². The van der Waals surface area contributed by atoms with E-state index in [4.69, 9.17) is 20.4 Å². The number of fused-ring (bicyclic) bond motifs is 1. The zero-order valence-corrected chi connectivity index (χ0v) is 18.0. The van der Waals surface area contributed by atoms with Crippen molar-refractivity contribution in [2.24, 2.45) is 0 Å². The summed E-state index contributed by atoms with van der Waals surface area (Å²) in [4.78, 5) is 16.9. The molecule has 0 amide bonds. The van der Waals surface area contributed by atoms with E-state index in [-0.39, 0.29) is 0 Å². The third-order valence-electron chi connectivity index (χ3n) is 4.81. The Morgan fingerprint density at radius 1 is 1.06 bits per heavy atom. The summed E-state index contributed by atoms with van der Waals surface area (Å²) in [6.07, 6.45) is 1.63. The quantitative estimate of drug-likeness (QED) is 0.217. The summed E-state index contributed by atoms with van der Waals surface area (Å²) in [5, 5.41) is 13.4. The summed E-state index contributed by atoms with van der Waals surface area (Å²) < 4.78 is 11.3. The van der Waals surface area contributed by atoms with Gasteiger partial charge in [0.25, 0.3) is 0 Å². The Balaban J connectivity index is 1.47. The van der Waals surface area contributed by atoms with Gasteiger partial charge in [0.2, 0.25) is 0 Å². The number of allylic oxidation sites excluding steroid dienone is 1. The monoisotopic (exact) mass is 456 g/mol. The van der Waals surface area contributed by atoms with E-state index >= 15 is 0 Å². The molecule has 5 aromatic rings. The number of benzene rings is 2. The molecule has 3 aromatic heterocycles. The Hall–Kier alpha value is -3.92. The van der Waals surface area contributed by atoms with Crippen LogP contribution in [-0.4, -0.2) is 4.98 Å². The lowest BCUT2D eigenvalue weighted by molar-refractivity contribution is 0.563. The zero-order valence-electron chi connectivity index (χ0n) is 16.4. The Labute approximate surface area is 191 Å². The summed E-state index contributed by atoms with van der Waals surface area (Å²) >= 11 is 7.21. The second-order valence-corrected chi connectivity index (χ2v) is 8.20. The molecule has 0 atom stereocenters. The fourth-order valence-electron chi connectivity index (χ4n) is 3.25. The summed E-state index contributed by atoms with van der Waals surface area (Å²) in [5.41, 5.74) is 2.08. The van der Waals surface area contributed by atoms with Gasteiger partial charge >= 0.3 is 5.63 Å². The molecule has 154 valence electrons. The number of nitrogens with zero attached hydrogens (tertiary/aromatic N) is 2. The second-order valence-electron chi connectivity index (χ2n) is 6.90. The van der Waals surface area contributed by atoms with E-state index in [0.717, 1.165) is 10.9 Å². The minimum absolute atomic E-state index is 0.337. The highest BCUT2D eigenvalue weighted by Gasteiger charge is 2.14. The molecule has 0 bridgehead atoms. The van der Waals surface area contributed by atoms with Crippen molar-refractivity contribution in [2.75, 3.05) is 0 Å². The molecule has 0 radical (unpaired) electrons. The molecule has 0 N–H and O–H groups in total. The maximum Gasteiger partial charge on any atom is 0.345 e. The predicted octanol–water partition coefficient (Wildman–Crippen LogP) is 6.89. The van der Waals surface area contributed by atoms with Crippen molar-refractivity contribution in [2.45, 2.75) is 0 Å². The van der Waals surface area contributed by atoms with Crippen LogP contribution in [0.1, 0.15) is 10.8 Å². The number of furan rings is 1. The third kappa shape index (κ3) is 3.87. The van der Waals surface area contributed by atoms with E-state index < -0.39 is 5.63 Å². The molecule has 5 nitrogen and oxygen atoms in total. The molecule has 0 fully saturated rings. The van der Waals surface area contributed by atoms with Gasteiger partial charge in [-0.3, -0.25) is 0 Å². The summed E-state index contributed by atoms with van der Waals surface area (Å²) in [6.45, 7) is 0. The maximum atomic E-state index is 12.4. The molecule has 0 unspecified atom stereocenters. The average molecular weight is 457 g/mol. The van der Waals surface area contributed by atoms with E-state index in [9.17, 15) is 10.1 Å². The lowest BCUT2D eigenvalue weighted by atomic mass is 10.1. The van der Waals surface area contributed by atoms with E-state index in [0.29, 0.717) is 44.0 Å². The normalized spacial score (nSPS) is 11.6. The van der Waals surface area contributed by atoms with Crippen molar-refractivity contribution in [1.82, 2.24) is 4.98 Å². The highest BCUT2D eigenvalue weighted by molar-refractivity contribution is 7.11. The fraction of sp³-hybridized carbons (Fsp3) is 0. The molecular weight excluding hydrogens is 444 g/mol. The largest absolute Gasteiger partial charge is 0.457 e. The van der Waals surface area contributed by atoms with Gasteiger partial charge in [-0.25, -0.2) is 9.78 Å². The Bertz CT molecular complexity index is 1570. The van der Waals surface area contributed by atoms with E-state index in [2.05, 4.69) is 11.1 Å². The number of nitriles is 1. The number of hydrogen-bond donors (Lipinski definition) is 0. The van der Waals surface area contributed by atoms with Crippen LogP contribution in [0.15, 0.2) is 85.7 Å². The third-order valence-corrected chi connectivity index (χ3v) is 5.94. The van der Waals surface area contributed by atoms with Crippen LogP contribution in [0.4, 0.5) is 0 Å². The van der Waals surface area contributed by atoms with Gasteiger partial charge in [-0.2, -0.15) is 5.26 Å². The van der Waals surface area contributed by atoms with Crippen LogP contribution in [-0.2, 0) is 0 Å². The first-order valence-corrected chi connectivity index (χ1v) is 10.8. The standard InChI is InChI=1S/C25H13ClN2O3S/c26-18-7-5-15(6-8-18)23-10-9-19(30-23)11-17(13-27)24-28-21(14-32-24)20-12-16-3-1-2-4-22(16)31-25(20)29/h1-12,14H/b17-11+. The van der Waals surface area contributed by atoms with E-state index in [1.54, 1.807) is 41.8 Å². The van der Waals surface area contributed by atoms with E-state index in [1.807, 2.05) is 36.4 Å². The van der Waals surface area contributed by atoms with Crippen molar-refractivity contribution in [3.63, 3.8) is 0 Å². The molecule has 0 aliphatic heterocycles. The van der Waals surface area contributed by atoms with Gasteiger partial charge in [-0.1, -0.05) is 29.8 Å². The molecule has 0 saturated heterocycles. The van der Waals surface area contributed by atoms with Crippen LogP contribution in [0.25, 0.3) is 45.2 Å². The van der Waals surface area contributed by atoms with Crippen LogP contribution in [0.3, 0.4) is 0 Å². The SMILES string of the molecule is N#C/C(=C\c1ccc(-c2ccc(Cl)cc2)o1)c1nc(-c2cc3ccccc3oc2=O)cs1. The van der Waals surface area contributed by atoms with Gasteiger partial charge in [0.15, 0.2) is 0 Å². The maximum absolute atomic E-state index is 12.4. The molecule has 2 aromatic carbocycles. The number of halogens is 1. The lowest BCUT2D eigenvalue weighted by Gasteiger charge is -1.99. The average Bonchev–Trinajstić information content (AvgIpc) is 3.47. The summed E-state index contributed by atoms with van der Waals surface area (Å²) in [6, 6.07) is 22.1. The Kier molecular flexibility index (Phi) is 5.20. The van der Waals surface area contributed by atoms with Gasteiger partial charge in [0.05, 0.1) is 16.8 Å². The van der Waals surface area contributed by atoms with Crippen LogP contribution in [0, 0.1) is 11.3 Å².